The molecule has 0 unspecified atom stereocenters. The minimum atomic E-state index is -4.30. The first-order chi connectivity index (χ1) is 13.9. The summed E-state index contributed by atoms with van der Waals surface area (Å²) < 4.78 is 46.3. The molecule has 0 amide bonds. The molecular weight excluding hydrogens is 510 g/mol. The molecule has 172 valence electrons. The van der Waals surface area contributed by atoms with Gasteiger partial charge in [0.1, 0.15) is 6.61 Å². The predicted octanol–water partition coefficient (Wildman–Crippen LogP) is 4.65. The average Bonchev–Trinajstić information content (AvgIpc) is 2.65. The van der Waals surface area contributed by atoms with Crippen LogP contribution in [0, 0.1) is 5.41 Å². The second-order valence-corrected chi connectivity index (χ2v) is 7.57. The van der Waals surface area contributed by atoms with Crippen LogP contribution >= 0.6 is 24.0 Å². The quantitative estimate of drug-likeness (QED) is 0.243. The maximum Gasteiger partial charge on any atom is 0.411 e. The third-order valence-corrected chi connectivity index (χ3v) is 5.20. The molecule has 5 nitrogen and oxygen atoms in total. The summed E-state index contributed by atoms with van der Waals surface area (Å²) >= 11 is 0. The van der Waals surface area contributed by atoms with E-state index in [1.165, 1.54) is 19.3 Å². The molecule has 2 rings (SSSR count). The third-order valence-electron chi connectivity index (χ3n) is 5.20. The predicted molar refractivity (Wildman–Crippen MR) is 123 cm³/mol. The SMILES string of the molecule is CCNC(=NCc1ccc(COCC(F)(F)F)cc1)NCC1(CCOC)CCC1.I. The molecule has 1 aromatic carbocycles. The monoisotopic (exact) mass is 543 g/mol. The van der Waals surface area contributed by atoms with Gasteiger partial charge in [-0.15, -0.1) is 24.0 Å². The van der Waals surface area contributed by atoms with E-state index < -0.39 is 12.8 Å². The summed E-state index contributed by atoms with van der Waals surface area (Å²) in [6.45, 7) is 3.64. The third kappa shape index (κ3) is 9.82. The van der Waals surface area contributed by atoms with Crippen molar-refractivity contribution in [2.75, 3.05) is 33.4 Å². The van der Waals surface area contributed by atoms with Gasteiger partial charge in [-0.25, -0.2) is 4.99 Å². The average molecular weight is 543 g/mol. The molecule has 9 heteroatoms. The molecule has 0 aliphatic heterocycles. The van der Waals surface area contributed by atoms with Crippen LogP contribution in [-0.2, 0) is 22.6 Å². The van der Waals surface area contributed by atoms with Gasteiger partial charge in [0.2, 0.25) is 0 Å². The maximum absolute atomic E-state index is 12.1. The summed E-state index contributed by atoms with van der Waals surface area (Å²) in [7, 11) is 1.74. The fourth-order valence-corrected chi connectivity index (χ4v) is 3.32. The summed E-state index contributed by atoms with van der Waals surface area (Å²) in [5.74, 6) is 0.772. The van der Waals surface area contributed by atoms with Crippen molar-refractivity contribution in [3.63, 3.8) is 0 Å². The van der Waals surface area contributed by atoms with Gasteiger partial charge in [0.05, 0.1) is 13.2 Å². The first-order valence-corrected chi connectivity index (χ1v) is 10.1. The van der Waals surface area contributed by atoms with Crippen LogP contribution in [0.2, 0.25) is 0 Å². The second-order valence-electron chi connectivity index (χ2n) is 7.57. The zero-order valence-corrected chi connectivity index (χ0v) is 20.0. The van der Waals surface area contributed by atoms with E-state index in [0.717, 1.165) is 37.6 Å². The molecule has 0 spiro atoms. The molecule has 1 aromatic rings. The van der Waals surface area contributed by atoms with E-state index in [1.807, 2.05) is 19.1 Å². The van der Waals surface area contributed by atoms with Gasteiger partial charge in [-0.2, -0.15) is 13.2 Å². The number of ether oxygens (including phenoxy) is 2. The van der Waals surface area contributed by atoms with Gasteiger partial charge in [0, 0.05) is 26.8 Å². The number of aliphatic imine (C=N–C) groups is 1. The molecule has 0 radical (unpaired) electrons. The lowest BCUT2D eigenvalue weighted by molar-refractivity contribution is -0.176. The number of benzene rings is 1. The Morgan fingerprint density at radius 1 is 1.13 bits per heavy atom. The van der Waals surface area contributed by atoms with E-state index in [2.05, 4.69) is 20.4 Å². The minimum Gasteiger partial charge on any atom is -0.385 e. The number of nitrogens with zero attached hydrogens (tertiary/aromatic N) is 1. The smallest absolute Gasteiger partial charge is 0.385 e. The zero-order valence-electron chi connectivity index (χ0n) is 17.7. The number of hydrogen-bond acceptors (Lipinski definition) is 3. The van der Waals surface area contributed by atoms with Gasteiger partial charge < -0.3 is 20.1 Å². The molecule has 0 saturated heterocycles. The van der Waals surface area contributed by atoms with Crippen LogP contribution in [0.5, 0.6) is 0 Å². The number of methoxy groups -OCH3 is 1. The summed E-state index contributed by atoms with van der Waals surface area (Å²) in [5.41, 5.74) is 1.99. The second kappa shape index (κ2) is 13.4. The molecule has 1 fully saturated rings. The van der Waals surface area contributed by atoms with Crippen molar-refractivity contribution >= 4 is 29.9 Å². The van der Waals surface area contributed by atoms with Crippen molar-refractivity contribution < 1.29 is 22.6 Å². The van der Waals surface area contributed by atoms with E-state index in [1.54, 1.807) is 19.2 Å². The van der Waals surface area contributed by atoms with Crippen LogP contribution in [0.25, 0.3) is 0 Å². The van der Waals surface area contributed by atoms with Crippen LogP contribution in [-0.4, -0.2) is 45.5 Å². The Balaban J connectivity index is 0.00000450. The standard InChI is InChI=1S/C21H32F3N3O2.HI/c1-3-25-19(27-15-20(9-4-10-20)11-12-28-2)26-13-17-5-7-18(8-6-17)14-29-16-21(22,23)24;/h5-8H,3-4,9-16H2,1-2H3,(H2,25,26,27);1H. The van der Waals surface area contributed by atoms with Crippen LogP contribution in [0.3, 0.4) is 0 Å². The lowest BCUT2D eigenvalue weighted by Gasteiger charge is -2.42. The van der Waals surface area contributed by atoms with Crippen LogP contribution < -0.4 is 10.6 Å². The Labute approximate surface area is 194 Å². The van der Waals surface area contributed by atoms with Crippen LogP contribution in [0.15, 0.2) is 29.3 Å². The fourth-order valence-electron chi connectivity index (χ4n) is 3.32. The highest BCUT2D eigenvalue weighted by molar-refractivity contribution is 14.0. The molecule has 1 aliphatic carbocycles. The molecule has 2 N–H and O–H groups in total. The number of alkyl halides is 3. The van der Waals surface area contributed by atoms with E-state index in [-0.39, 0.29) is 30.6 Å². The van der Waals surface area contributed by atoms with Gasteiger partial charge in [0.25, 0.3) is 0 Å². The van der Waals surface area contributed by atoms with E-state index >= 15 is 0 Å². The molecule has 0 bridgehead atoms. The first kappa shape index (κ1) is 27.0. The largest absolute Gasteiger partial charge is 0.411 e. The molecular formula is C21H33F3IN3O2. The topological polar surface area (TPSA) is 54.9 Å². The van der Waals surface area contributed by atoms with Crippen LogP contribution in [0.1, 0.15) is 43.7 Å². The van der Waals surface area contributed by atoms with E-state index in [0.29, 0.717) is 17.5 Å². The Morgan fingerprint density at radius 3 is 2.33 bits per heavy atom. The van der Waals surface area contributed by atoms with Gasteiger partial charge in [-0.1, -0.05) is 30.7 Å². The summed E-state index contributed by atoms with van der Waals surface area (Å²) in [4.78, 5) is 4.63. The van der Waals surface area contributed by atoms with Crippen molar-refractivity contribution in [2.24, 2.45) is 10.4 Å². The van der Waals surface area contributed by atoms with Crippen molar-refractivity contribution in [3.05, 3.63) is 35.4 Å². The lowest BCUT2D eigenvalue weighted by atomic mass is 9.67. The molecule has 0 atom stereocenters. The van der Waals surface area contributed by atoms with Gasteiger partial charge in [0.15, 0.2) is 5.96 Å². The van der Waals surface area contributed by atoms with Gasteiger partial charge in [-0.3, -0.25) is 0 Å². The Kier molecular flexibility index (Phi) is 12.0. The zero-order chi connectivity index (χ0) is 21.2. The number of nitrogens with one attached hydrogen (secondary N) is 2. The molecule has 1 saturated carbocycles. The Hall–Kier alpha value is -1.07. The summed E-state index contributed by atoms with van der Waals surface area (Å²) in [6, 6.07) is 7.28. The van der Waals surface area contributed by atoms with E-state index in [4.69, 9.17) is 4.74 Å². The van der Waals surface area contributed by atoms with Crippen molar-refractivity contribution in [2.45, 2.75) is 51.9 Å². The summed E-state index contributed by atoms with van der Waals surface area (Å²) in [5, 5.41) is 6.72. The highest BCUT2D eigenvalue weighted by atomic mass is 127. The van der Waals surface area contributed by atoms with Crippen LogP contribution in [0.4, 0.5) is 13.2 Å². The van der Waals surface area contributed by atoms with Crippen molar-refractivity contribution in [1.82, 2.24) is 10.6 Å². The normalized spacial score (nSPS) is 15.8. The van der Waals surface area contributed by atoms with Gasteiger partial charge in [-0.05, 0) is 42.7 Å². The minimum absolute atomic E-state index is 0. The maximum atomic E-state index is 12.1. The Bertz CT molecular complexity index is 635. The molecule has 30 heavy (non-hydrogen) atoms. The number of guanidine groups is 1. The molecule has 1 aliphatic rings. The van der Waals surface area contributed by atoms with Crippen molar-refractivity contribution in [1.29, 1.82) is 0 Å². The fraction of sp³-hybridized carbons (Fsp3) is 0.667. The van der Waals surface area contributed by atoms with Gasteiger partial charge >= 0.3 is 6.18 Å². The Morgan fingerprint density at radius 2 is 1.80 bits per heavy atom. The molecule has 0 heterocycles. The lowest BCUT2D eigenvalue weighted by Crippen LogP contribution is -2.46. The van der Waals surface area contributed by atoms with Crippen molar-refractivity contribution in [3.8, 4) is 0 Å². The first-order valence-electron chi connectivity index (χ1n) is 10.1. The van der Waals surface area contributed by atoms with E-state index in [9.17, 15) is 13.2 Å². The summed E-state index contributed by atoms with van der Waals surface area (Å²) in [6.07, 6.45) is 0.430. The highest BCUT2D eigenvalue weighted by Gasteiger charge is 2.36. The number of hydrogen-bond donors (Lipinski definition) is 2. The molecule has 0 aromatic heterocycles. The number of halogens is 4. The number of rotatable bonds is 11. The highest BCUT2D eigenvalue weighted by Crippen LogP contribution is 2.43.